The lowest BCUT2D eigenvalue weighted by Crippen LogP contribution is -1.94. The van der Waals surface area contributed by atoms with Crippen LogP contribution < -0.4 is 4.74 Å². The van der Waals surface area contributed by atoms with Gasteiger partial charge in [0.15, 0.2) is 0 Å². The van der Waals surface area contributed by atoms with Crippen molar-refractivity contribution in [3.05, 3.63) is 90.0 Å². The molecular formula is C23H19NO2. The van der Waals surface area contributed by atoms with Gasteiger partial charge in [0.05, 0.1) is 0 Å². The molecule has 0 unspecified atom stereocenters. The number of benzene rings is 3. The first-order valence-electron chi connectivity index (χ1n) is 8.64. The SMILES string of the molecule is O=CCc1ccc(-c2cc3cc(OCc4ccccc4)ccc3[nH]2)cc1. The van der Waals surface area contributed by atoms with E-state index in [2.05, 4.69) is 29.2 Å². The Hall–Kier alpha value is -3.33. The number of aldehydes is 1. The van der Waals surface area contributed by atoms with Gasteiger partial charge in [0.25, 0.3) is 0 Å². The van der Waals surface area contributed by atoms with Gasteiger partial charge in [-0.1, -0.05) is 54.6 Å². The van der Waals surface area contributed by atoms with E-state index in [1.165, 1.54) is 0 Å². The van der Waals surface area contributed by atoms with E-state index in [-0.39, 0.29) is 0 Å². The quantitative estimate of drug-likeness (QED) is 0.493. The van der Waals surface area contributed by atoms with Gasteiger partial charge in [-0.15, -0.1) is 0 Å². The molecule has 0 aliphatic carbocycles. The number of carbonyl (C=O) groups is 1. The van der Waals surface area contributed by atoms with Crippen LogP contribution in [0.3, 0.4) is 0 Å². The van der Waals surface area contributed by atoms with Crippen molar-refractivity contribution in [2.24, 2.45) is 0 Å². The zero-order valence-electron chi connectivity index (χ0n) is 14.3. The summed E-state index contributed by atoms with van der Waals surface area (Å²) in [6.45, 7) is 0.557. The molecule has 3 aromatic carbocycles. The highest BCUT2D eigenvalue weighted by molar-refractivity contribution is 5.87. The fourth-order valence-electron chi connectivity index (χ4n) is 3.01. The number of hydrogen-bond acceptors (Lipinski definition) is 2. The maximum Gasteiger partial charge on any atom is 0.124 e. The summed E-state index contributed by atoms with van der Waals surface area (Å²) in [6, 6.07) is 26.4. The molecular weight excluding hydrogens is 322 g/mol. The number of fused-ring (bicyclic) bond motifs is 1. The Balaban J connectivity index is 1.54. The first-order valence-corrected chi connectivity index (χ1v) is 8.64. The van der Waals surface area contributed by atoms with Crippen LogP contribution in [0, 0.1) is 0 Å². The number of carbonyl (C=O) groups excluding carboxylic acids is 1. The highest BCUT2D eigenvalue weighted by Crippen LogP contribution is 2.27. The van der Waals surface area contributed by atoms with Crippen LogP contribution >= 0.6 is 0 Å². The molecule has 0 radical (unpaired) electrons. The fraction of sp³-hybridized carbons (Fsp3) is 0.0870. The van der Waals surface area contributed by atoms with Crippen molar-refractivity contribution in [3.8, 4) is 17.0 Å². The van der Waals surface area contributed by atoms with Gasteiger partial charge >= 0.3 is 0 Å². The maximum atomic E-state index is 10.6. The zero-order chi connectivity index (χ0) is 17.8. The summed E-state index contributed by atoms with van der Waals surface area (Å²) in [5.41, 5.74) is 5.40. The molecule has 0 fully saturated rings. The topological polar surface area (TPSA) is 42.1 Å². The first-order chi connectivity index (χ1) is 12.8. The lowest BCUT2D eigenvalue weighted by Gasteiger charge is -2.06. The first kappa shape index (κ1) is 16.2. The van der Waals surface area contributed by atoms with Gasteiger partial charge in [-0.3, -0.25) is 0 Å². The molecule has 26 heavy (non-hydrogen) atoms. The zero-order valence-corrected chi connectivity index (χ0v) is 14.3. The van der Waals surface area contributed by atoms with Crippen LogP contribution in [0.4, 0.5) is 0 Å². The second-order valence-corrected chi connectivity index (χ2v) is 6.27. The number of nitrogens with one attached hydrogen (secondary N) is 1. The molecule has 0 aliphatic heterocycles. The summed E-state index contributed by atoms with van der Waals surface area (Å²) in [7, 11) is 0. The van der Waals surface area contributed by atoms with E-state index in [1.807, 2.05) is 54.6 Å². The van der Waals surface area contributed by atoms with Gasteiger partial charge in [0.1, 0.15) is 18.6 Å². The van der Waals surface area contributed by atoms with E-state index in [0.29, 0.717) is 13.0 Å². The minimum atomic E-state index is 0.453. The molecule has 0 atom stereocenters. The summed E-state index contributed by atoms with van der Waals surface area (Å²) >= 11 is 0. The van der Waals surface area contributed by atoms with Gasteiger partial charge in [0, 0.05) is 23.0 Å². The molecule has 0 spiro atoms. The summed E-state index contributed by atoms with van der Waals surface area (Å²) in [4.78, 5) is 14.0. The van der Waals surface area contributed by atoms with Crippen LogP contribution in [0.2, 0.25) is 0 Å². The Labute approximate surface area is 152 Å². The van der Waals surface area contributed by atoms with E-state index >= 15 is 0 Å². The molecule has 0 aliphatic rings. The fourth-order valence-corrected chi connectivity index (χ4v) is 3.01. The monoisotopic (exact) mass is 341 g/mol. The molecule has 3 nitrogen and oxygen atoms in total. The lowest BCUT2D eigenvalue weighted by atomic mass is 10.1. The average molecular weight is 341 g/mol. The van der Waals surface area contributed by atoms with Crippen molar-refractivity contribution >= 4 is 17.2 Å². The Morgan fingerprint density at radius 2 is 1.65 bits per heavy atom. The van der Waals surface area contributed by atoms with Crippen molar-refractivity contribution in [1.29, 1.82) is 0 Å². The Morgan fingerprint density at radius 3 is 2.42 bits per heavy atom. The predicted octanol–water partition coefficient (Wildman–Crippen LogP) is 5.16. The van der Waals surface area contributed by atoms with Crippen LogP contribution in [0.25, 0.3) is 22.2 Å². The van der Waals surface area contributed by atoms with Gasteiger partial charge < -0.3 is 14.5 Å². The molecule has 4 rings (SSSR count). The number of hydrogen-bond donors (Lipinski definition) is 1. The maximum absolute atomic E-state index is 10.6. The van der Waals surface area contributed by atoms with Crippen LogP contribution in [0.1, 0.15) is 11.1 Å². The van der Waals surface area contributed by atoms with Crippen LogP contribution in [0.15, 0.2) is 78.9 Å². The minimum Gasteiger partial charge on any atom is -0.489 e. The van der Waals surface area contributed by atoms with Gasteiger partial charge in [-0.25, -0.2) is 0 Å². The molecule has 0 saturated heterocycles. The highest BCUT2D eigenvalue weighted by Gasteiger charge is 2.05. The smallest absolute Gasteiger partial charge is 0.124 e. The molecule has 1 aromatic heterocycles. The van der Waals surface area contributed by atoms with Crippen molar-refractivity contribution in [2.45, 2.75) is 13.0 Å². The second kappa shape index (κ2) is 7.28. The van der Waals surface area contributed by atoms with E-state index in [4.69, 9.17) is 4.74 Å². The van der Waals surface area contributed by atoms with Crippen molar-refractivity contribution < 1.29 is 9.53 Å². The third-order valence-corrected chi connectivity index (χ3v) is 4.42. The molecule has 3 heteroatoms. The van der Waals surface area contributed by atoms with Gasteiger partial charge in [0.2, 0.25) is 0 Å². The Bertz CT molecular complexity index is 1020. The Morgan fingerprint density at radius 1 is 0.846 bits per heavy atom. The minimum absolute atomic E-state index is 0.453. The van der Waals surface area contributed by atoms with E-state index in [0.717, 1.165) is 45.3 Å². The molecule has 128 valence electrons. The van der Waals surface area contributed by atoms with E-state index < -0.39 is 0 Å². The molecule has 1 N–H and O–H groups in total. The third-order valence-electron chi connectivity index (χ3n) is 4.42. The number of ether oxygens (including phenoxy) is 1. The summed E-state index contributed by atoms with van der Waals surface area (Å²) < 4.78 is 5.91. The predicted molar refractivity (Wildman–Crippen MR) is 104 cm³/mol. The number of H-pyrrole nitrogens is 1. The lowest BCUT2D eigenvalue weighted by molar-refractivity contribution is -0.107. The van der Waals surface area contributed by atoms with Crippen LogP contribution in [0.5, 0.6) is 5.75 Å². The van der Waals surface area contributed by atoms with Gasteiger partial charge in [-0.05, 0) is 41.0 Å². The van der Waals surface area contributed by atoms with Crippen molar-refractivity contribution in [1.82, 2.24) is 4.98 Å². The molecule has 0 amide bonds. The number of aromatic nitrogens is 1. The van der Waals surface area contributed by atoms with E-state index in [1.54, 1.807) is 0 Å². The average Bonchev–Trinajstić information content (AvgIpc) is 3.11. The van der Waals surface area contributed by atoms with Crippen molar-refractivity contribution in [3.63, 3.8) is 0 Å². The van der Waals surface area contributed by atoms with Gasteiger partial charge in [-0.2, -0.15) is 0 Å². The van der Waals surface area contributed by atoms with Crippen molar-refractivity contribution in [2.75, 3.05) is 0 Å². The summed E-state index contributed by atoms with van der Waals surface area (Å²) in [5.74, 6) is 0.855. The Kier molecular flexibility index (Phi) is 4.52. The largest absolute Gasteiger partial charge is 0.489 e. The molecule has 4 aromatic rings. The molecule has 0 saturated carbocycles. The second-order valence-electron chi connectivity index (χ2n) is 6.27. The van der Waals surface area contributed by atoms with Crippen LogP contribution in [-0.4, -0.2) is 11.3 Å². The highest BCUT2D eigenvalue weighted by atomic mass is 16.5. The van der Waals surface area contributed by atoms with E-state index in [9.17, 15) is 4.79 Å². The van der Waals surface area contributed by atoms with Crippen LogP contribution in [-0.2, 0) is 17.8 Å². The third kappa shape index (κ3) is 3.52. The normalized spacial score (nSPS) is 10.8. The standard InChI is InChI=1S/C23H19NO2/c25-13-12-17-6-8-19(9-7-17)23-15-20-14-21(10-11-22(20)24-23)26-16-18-4-2-1-3-5-18/h1-11,13-15,24H,12,16H2. The molecule has 1 heterocycles. The summed E-state index contributed by atoms with van der Waals surface area (Å²) in [5, 5.41) is 1.11. The summed E-state index contributed by atoms with van der Waals surface area (Å²) in [6.07, 6.45) is 1.38. The number of rotatable bonds is 6. The number of aromatic amines is 1. The molecule has 0 bridgehead atoms.